The molecule has 1 aromatic heterocycles. The first-order chi connectivity index (χ1) is 18.6. The van der Waals surface area contributed by atoms with E-state index in [1.54, 1.807) is 30.9 Å². The van der Waals surface area contributed by atoms with Gasteiger partial charge in [-0.2, -0.15) is 13.2 Å². The van der Waals surface area contributed by atoms with E-state index >= 15 is 0 Å². The molecule has 2 aromatic rings. The van der Waals surface area contributed by atoms with E-state index in [0.717, 1.165) is 25.7 Å². The lowest BCUT2D eigenvalue weighted by atomic mass is 9.97. The van der Waals surface area contributed by atoms with Gasteiger partial charge in [0.1, 0.15) is 0 Å². The molecule has 3 heterocycles. The molecular weight excluding hydrogens is 513 g/mol. The normalized spacial score (nSPS) is 18.0. The van der Waals surface area contributed by atoms with Crippen LogP contribution in [0.15, 0.2) is 35.3 Å². The summed E-state index contributed by atoms with van der Waals surface area (Å²) in [5, 5.41) is 6.15. The molecule has 1 atom stereocenters. The van der Waals surface area contributed by atoms with Gasteiger partial charge in [0, 0.05) is 70.7 Å². The molecule has 0 aliphatic carbocycles. The van der Waals surface area contributed by atoms with E-state index in [4.69, 9.17) is 9.47 Å². The highest BCUT2D eigenvalue weighted by Crippen LogP contribution is 2.34. The minimum atomic E-state index is -4.49. The van der Waals surface area contributed by atoms with Crippen LogP contribution in [0.5, 0.6) is 0 Å². The Bertz CT molecular complexity index is 1200. The van der Waals surface area contributed by atoms with Crippen LogP contribution in [0.2, 0.25) is 0 Å². The molecule has 39 heavy (non-hydrogen) atoms. The number of benzene rings is 1. The molecule has 2 saturated heterocycles. The first-order valence-electron chi connectivity index (χ1n) is 13.3. The summed E-state index contributed by atoms with van der Waals surface area (Å²) in [7, 11) is 1.67. The monoisotopic (exact) mass is 550 g/mol. The zero-order chi connectivity index (χ0) is 28.2. The molecule has 0 saturated carbocycles. The maximum atomic E-state index is 13.6. The maximum absolute atomic E-state index is 13.6. The summed E-state index contributed by atoms with van der Waals surface area (Å²) in [6.45, 7) is 8.03. The Hall–Kier alpha value is -2.89. The predicted octanol–water partition coefficient (Wildman–Crippen LogP) is 4.01. The average Bonchev–Trinajstić information content (AvgIpc) is 2.87. The SMILES string of the molecule is COCCN1CC(CNc2cc(=O)n(C3CCOCC3)cc2C(=O)NC(C)c2cccc(C(F)(F)F)c2C)C1. The summed E-state index contributed by atoms with van der Waals surface area (Å²) in [4.78, 5) is 28.9. The van der Waals surface area contributed by atoms with Gasteiger partial charge in [-0.05, 0) is 43.9 Å². The second-order valence-corrected chi connectivity index (χ2v) is 10.4. The number of amides is 1. The highest BCUT2D eigenvalue weighted by molar-refractivity contribution is 5.99. The number of alkyl halides is 3. The van der Waals surface area contributed by atoms with Crippen LogP contribution in [0.25, 0.3) is 0 Å². The predicted molar refractivity (Wildman–Crippen MR) is 142 cm³/mol. The van der Waals surface area contributed by atoms with Crippen molar-refractivity contribution in [3.63, 3.8) is 0 Å². The number of carbonyl (C=O) groups excluding carboxylic acids is 1. The minimum absolute atomic E-state index is 0.0753. The number of nitrogens with zero attached hydrogens (tertiary/aromatic N) is 2. The Balaban J connectivity index is 1.55. The first-order valence-corrected chi connectivity index (χ1v) is 13.3. The van der Waals surface area contributed by atoms with E-state index in [-0.39, 0.29) is 22.7 Å². The van der Waals surface area contributed by atoms with Crippen molar-refractivity contribution in [1.29, 1.82) is 0 Å². The lowest BCUT2D eigenvalue weighted by Gasteiger charge is -2.39. The number of likely N-dealkylation sites (tertiary alicyclic amines) is 1. The molecule has 1 unspecified atom stereocenters. The summed E-state index contributed by atoms with van der Waals surface area (Å²) in [5.74, 6) is -0.0969. The quantitative estimate of drug-likeness (QED) is 0.465. The number of rotatable bonds is 10. The zero-order valence-electron chi connectivity index (χ0n) is 22.6. The molecule has 8 nitrogen and oxygen atoms in total. The summed E-state index contributed by atoms with van der Waals surface area (Å²) >= 11 is 0. The molecule has 1 aromatic carbocycles. The van der Waals surface area contributed by atoms with Gasteiger partial charge < -0.3 is 29.6 Å². The van der Waals surface area contributed by atoms with E-state index in [2.05, 4.69) is 15.5 Å². The van der Waals surface area contributed by atoms with Gasteiger partial charge in [-0.25, -0.2) is 0 Å². The number of pyridine rings is 1. The number of halogens is 3. The molecule has 2 aliphatic rings. The van der Waals surface area contributed by atoms with E-state index in [1.165, 1.54) is 19.1 Å². The van der Waals surface area contributed by atoms with Crippen molar-refractivity contribution < 1.29 is 27.4 Å². The van der Waals surface area contributed by atoms with Gasteiger partial charge in [0.15, 0.2) is 0 Å². The highest BCUT2D eigenvalue weighted by Gasteiger charge is 2.33. The molecular formula is C28H37F3N4O4. The molecule has 214 valence electrons. The Labute approximate surface area is 226 Å². The topological polar surface area (TPSA) is 84.8 Å². The Kier molecular flexibility index (Phi) is 9.35. The van der Waals surface area contributed by atoms with Gasteiger partial charge in [-0.15, -0.1) is 0 Å². The summed E-state index contributed by atoms with van der Waals surface area (Å²) in [6, 6.07) is 4.65. The van der Waals surface area contributed by atoms with Crippen molar-refractivity contribution in [2.75, 3.05) is 58.4 Å². The Morgan fingerprint density at radius 3 is 2.62 bits per heavy atom. The van der Waals surface area contributed by atoms with Crippen molar-refractivity contribution in [3.05, 3.63) is 63.1 Å². The number of carbonyl (C=O) groups is 1. The summed E-state index contributed by atoms with van der Waals surface area (Å²) in [6.07, 6.45) is -1.59. The number of hydrogen-bond donors (Lipinski definition) is 2. The largest absolute Gasteiger partial charge is 0.416 e. The Morgan fingerprint density at radius 1 is 1.23 bits per heavy atom. The standard InChI is InChI=1S/C28H37F3N4O4/c1-18-22(5-4-6-24(18)28(29,30)31)19(2)33-27(37)23-17-35(21-7-10-39-11-8-21)26(36)13-25(23)32-14-20-15-34(16-20)9-12-38-3/h4-6,13,17,19-21,32H,7-12,14-16H2,1-3H3,(H,33,37). The van der Waals surface area contributed by atoms with Crippen LogP contribution in [0.3, 0.4) is 0 Å². The van der Waals surface area contributed by atoms with Crippen LogP contribution >= 0.6 is 0 Å². The molecule has 0 bridgehead atoms. The van der Waals surface area contributed by atoms with Gasteiger partial charge in [0.2, 0.25) is 0 Å². The van der Waals surface area contributed by atoms with Gasteiger partial charge in [0.05, 0.1) is 29.5 Å². The smallest absolute Gasteiger partial charge is 0.384 e. The third-order valence-electron chi connectivity index (χ3n) is 7.63. The number of methoxy groups -OCH3 is 1. The highest BCUT2D eigenvalue weighted by atomic mass is 19.4. The molecule has 0 radical (unpaired) electrons. The van der Waals surface area contributed by atoms with Crippen LogP contribution in [-0.4, -0.2) is 68.5 Å². The van der Waals surface area contributed by atoms with Crippen molar-refractivity contribution in [1.82, 2.24) is 14.8 Å². The number of hydrogen-bond acceptors (Lipinski definition) is 6. The van der Waals surface area contributed by atoms with Crippen LogP contribution in [0, 0.1) is 12.8 Å². The minimum Gasteiger partial charge on any atom is -0.384 e. The number of anilines is 1. The fraction of sp³-hybridized carbons (Fsp3) is 0.571. The zero-order valence-corrected chi connectivity index (χ0v) is 22.6. The lowest BCUT2D eigenvalue weighted by Crippen LogP contribution is -2.50. The molecule has 0 spiro atoms. The first kappa shape index (κ1) is 29.1. The summed E-state index contributed by atoms with van der Waals surface area (Å²) < 4.78 is 52.5. The molecule has 4 rings (SSSR count). The van der Waals surface area contributed by atoms with Gasteiger partial charge >= 0.3 is 6.18 Å². The molecule has 2 N–H and O–H groups in total. The fourth-order valence-electron chi connectivity index (χ4n) is 5.37. The van der Waals surface area contributed by atoms with Crippen LogP contribution in [0.4, 0.5) is 18.9 Å². The molecule has 1 amide bonds. The van der Waals surface area contributed by atoms with Gasteiger partial charge in [-0.1, -0.05) is 12.1 Å². The van der Waals surface area contributed by atoms with Crippen molar-refractivity contribution in [2.45, 2.75) is 44.9 Å². The van der Waals surface area contributed by atoms with E-state index in [9.17, 15) is 22.8 Å². The maximum Gasteiger partial charge on any atom is 0.416 e. The van der Waals surface area contributed by atoms with Crippen LogP contribution < -0.4 is 16.2 Å². The van der Waals surface area contributed by atoms with E-state index in [0.29, 0.717) is 56.4 Å². The van der Waals surface area contributed by atoms with Crippen molar-refractivity contribution >= 4 is 11.6 Å². The average molecular weight is 551 g/mol. The number of nitrogens with one attached hydrogen (secondary N) is 2. The fourth-order valence-corrected chi connectivity index (χ4v) is 5.37. The van der Waals surface area contributed by atoms with Crippen molar-refractivity contribution in [2.24, 2.45) is 5.92 Å². The van der Waals surface area contributed by atoms with E-state index in [1.807, 2.05) is 0 Å². The van der Waals surface area contributed by atoms with Gasteiger partial charge in [-0.3, -0.25) is 9.59 Å². The number of ether oxygens (including phenoxy) is 2. The van der Waals surface area contributed by atoms with Crippen LogP contribution in [-0.2, 0) is 15.7 Å². The Morgan fingerprint density at radius 2 is 1.95 bits per heavy atom. The molecule has 2 fully saturated rings. The lowest BCUT2D eigenvalue weighted by molar-refractivity contribution is -0.138. The second kappa shape index (κ2) is 12.5. The van der Waals surface area contributed by atoms with Crippen molar-refractivity contribution in [3.8, 4) is 0 Å². The summed E-state index contributed by atoms with van der Waals surface area (Å²) in [5.41, 5.74) is 0.231. The third kappa shape index (κ3) is 7.01. The van der Waals surface area contributed by atoms with Crippen LogP contribution in [0.1, 0.15) is 58.9 Å². The number of aromatic nitrogens is 1. The van der Waals surface area contributed by atoms with Gasteiger partial charge in [0.25, 0.3) is 11.5 Å². The molecule has 2 aliphatic heterocycles. The molecule has 11 heteroatoms. The second-order valence-electron chi connectivity index (χ2n) is 10.4. The van der Waals surface area contributed by atoms with E-state index < -0.39 is 23.7 Å². The third-order valence-corrected chi connectivity index (χ3v) is 7.63.